The highest BCUT2D eigenvalue weighted by Gasteiger charge is 1.85. The van der Waals surface area contributed by atoms with E-state index in [0.717, 1.165) is 25.9 Å². The van der Waals surface area contributed by atoms with E-state index in [-0.39, 0.29) is 0 Å². The van der Waals surface area contributed by atoms with Crippen LogP contribution in [0.2, 0.25) is 0 Å². The minimum absolute atomic E-state index is 0.907. The zero-order valence-corrected chi connectivity index (χ0v) is 8.19. The largest absolute Gasteiger partial charge is 0.313 e. The monoisotopic (exact) mass is 165 g/mol. The van der Waals surface area contributed by atoms with E-state index in [0.29, 0.717) is 0 Å². The molecule has 0 radical (unpaired) electrons. The topological polar surface area (TPSA) is 12.0 Å². The fourth-order valence-electron chi connectivity index (χ4n) is 0.855. The Labute approximate surface area is 76.2 Å². The van der Waals surface area contributed by atoms with Gasteiger partial charge in [0.15, 0.2) is 0 Å². The van der Waals surface area contributed by atoms with Gasteiger partial charge in [-0.1, -0.05) is 11.6 Å². The highest BCUT2D eigenvalue weighted by molar-refractivity contribution is 4.94. The van der Waals surface area contributed by atoms with Gasteiger partial charge in [0.05, 0.1) is 0 Å². The van der Waals surface area contributed by atoms with Crippen LogP contribution >= 0.6 is 0 Å². The lowest BCUT2D eigenvalue weighted by atomic mass is 10.2. The van der Waals surface area contributed by atoms with E-state index in [9.17, 15) is 0 Å². The second-order valence-corrected chi connectivity index (χ2v) is 3.15. The molecule has 1 N–H and O–H groups in total. The van der Waals surface area contributed by atoms with Gasteiger partial charge in [-0.05, 0) is 33.2 Å². The molecule has 0 unspecified atom stereocenters. The van der Waals surface area contributed by atoms with Gasteiger partial charge in [-0.15, -0.1) is 12.3 Å². The molecule has 0 aliphatic heterocycles. The molecule has 0 spiro atoms. The molecule has 0 saturated heterocycles. The molecule has 68 valence electrons. The Bertz CT molecular complexity index is 158. The third-order valence-electron chi connectivity index (χ3n) is 1.58. The molecular weight excluding hydrogens is 146 g/mol. The zero-order chi connectivity index (χ0) is 9.23. The van der Waals surface area contributed by atoms with Crippen LogP contribution in [0.25, 0.3) is 0 Å². The lowest BCUT2D eigenvalue weighted by Crippen LogP contribution is -2.14. The Morgan fingerprint density at radius 3 is 2.75 bits per heavy atom. The number of terminal acetylenes is 1. The molecule has 0 aliphatic carbocycles. The maximum absolute atomic E-state index is 5.13. The van der Waals surface area contributed by atoms with Crippen molar-refractivity contribution in [3.05, 3.63) is 11.6 Å². The van der Waals surface area contributed by atoms with Crippen LogP contribution in [-0.2, 0) is 0 Å². The fourth-order valence-corrected chi connectivity index (χ4v) is 0.855. The van der Waals surface area contributed by atoms with Gasteiger partial charge in [0.25, 0.3) is 0 Å². The van der Waals surface area contributed by atoms with E-state index in [4.69, 9.17) is 6.42 Å². The molecule has 0 aromatic rings. The van der Waals surface area contributed by atoms with Crippen molar-refractivity contribution < 1.29 is 0 Å². The van der Waals surface area contributed by atoms with Gasteiger partial charge in [0, 0.05) is 13.0 Å². The molecule has 0 bridgehead atoms. The van der Waals surface area contributed by atoms with Crippen LogP contribution in [0.5, 0.6) is 0 Å². The first-order chi connectivity index (χ1) is 5.77. The normalized spacial score (nSPS) is 9.08. The summed E-state index contributed by atoms with van der Waals surface area (Å²) in [4.78, 5) is 0. The quantitative estimate of drug-likeness (QED) is 0.362. The van der Waals surface area contributed by atoms with E-state index >= 15 is 0 Å². The van der Waals surface area contributed by atoms with Gasteiger partial charge in [-0.25, -0.2) is 0 Å². The number of allylic oxidation sites excluding steroid dienone is 1. The molecular formula is C11H19N. The highest BCUT2D eigenvalue weighted by atomic mass is 14.8. The smallest absolute Gasteiger partial charge is 0.0137 e. The highest BCUT2D eigenvalue weighted by Crippen LogP contribution is 1.91. The Balaban J connectivity index is 3.02. The second kappa shape index (κ2) is 8.36. The molecule has 1 nitrogen and oxygen atoms in total. The molecule has 0 aliphatic rings. The van der Waals surface area contributed by atoms with Crippen molar-refractivity contribution in [2.45, 2.75) is 33.1 Å². The van der Waals surface area contributed by atoms with Crippen molar-refractivity contribution in [3.8, 4) is 12.3 Å². The fraction of sp³-hybridized carbons (Fsp3) is 0.636. The molecule has 0 heterocycles. The van der Waals surface area contributed by atoms with Gasteiger partial charge < -0.3 is 5.32 Å². The average Bonchev–Trinajstić information content (AvgIpc) is 2.02. The molecule has 0 atom stereocenters. The SMILES string of the molecule is C#CCCCCNCC=C(C)C. The lowest BCUT2D eigenvalue weighted by Gasteiger charge is -1.99. The van der Waals surface area contributed by atoms with Gasteiger partial charge in [-0.3, -0.25) is 0 Å². The third-order valence-corrected chi connectivity index (χ3v) is 1.58. The Kier molecular flexibility index (Phi) is 7.84. The molecule has 0 saturated carbocycles. The minimum Gasteiger partial charge on any atom is -0.313 e. The van der Waals surface area contributed by atoms with Crippen LogP contribution in [0, 0.1) is 12.3 Å². The standard InChI is InChI=1S/C11H19N/c1-4-5-6-7-9-12-10-8-11(2)3/h1,8,12H,5-7,9-10H2,2-3H3. The maximum Gasteiger partial charge on any atom is 0.0137 e. The molecule has 0 rings (SSSR count). The number of hydrogen-bond acceptors (Lipinski definition) is 1. The first-order valence-corrected chi connectivity index (χ1v) is 4.55. The Morgan fingerprint density at radius 2 is 2.17 bits per heavy atom. The van der Waals surface area contributed by atoms with Crippen molar-refractivity contribution in [2.75, 3.05) is 13.1 Å². The summed E-state index contributed by atoms with van der Waals surface area (Å²) in [5.74, 6) is 2.64. The van der Waals surface area contributed by atoms with Crippen LogP contribution in [0.15, 0.2) is 11.6 Å². The first kappa shape index (κ1) is 11.3. The Morgan fingerprint density at radius 1 is 1.42 bits per heavy atom. The third kappa shape index (κ3) is 9.26. The summed E-state index contributed by atoms with van der Waals surface area (Å²) < 4.78 is 0. The molecule has 0 aromatic heterocycles. The van der Waals surface area contributed by atoms with Crippen LogP contribution in [-0.4, -0.2) is 13.1 Å². The van der Waals surface area contributed by atoms with E-state index in [1.165, 1.54) is 12.0 Å². The van der Waals surface area contributed by atoms with Crippen LogP contribution in [0.3, 0.4) is 0 Å². The van der Waals surface area contributed by atoms with Crippen molar-refractivity contribution in [1.82, 2.24) is 5.32 Å². The van der Waals surface area contributed by atoms with Crippen molar-refractivity contribution in [1.29, 1.82) is 0 Å². The van der Waals surface area contributed by atoms with E-state index < -0.39 is 0 Å². The molecule has 12 heavy (non-hydrogen) atoms. The second-order valence-electron chi connectivity index (χ2n) is 3.15. The van der Waals surface area contributed by atoms with E-state index in [1.807, 2.05) is 0 Å². The van der Waals surface area contributed by atoms with Crippen LogP contribution in [0.4, 0.5) is 0 Å². The number of hydrogen-bond donors (Lipinski definition) is 1. The molecule has 0 aromatic carbocycles. The van der Waals surface area contributed by atoms with Gasteiger partial charge in [0.2, 0.25) is 0 Å². The van der Waals surface area contributed by atoms with Crippen LogP contribution < -0.4 is 5.32 Å². The summed E-state index contributed by atoms with van der Waals surface area (Å²) in [5, 5.41) is 3.33. The summed E-state index contributed by atoms with van der Waals surface area (Å²) in [7, 11) is 0. The van der Waals surface area contributed by atoms with Gasteiger partial charge in [-0.2, -0.15) is 0 Å². The zero-order valence-electron chi connectivity index (χ0n) is 8.19. The van der Waals surface area contributed by atoms with Crippen LogP contribution in [0.1, 0.15) is 33.1 Å². The van der Waals surface area contributed by atoms with Crippen molar-refractivity contribution in [2.24, 2.45) is 0 Å². The summed E-state index contributed by atoms with van der Waals surface area (Å²) >= 11 is 0. The van der Waals surface area contributed by atoms with Crippen molar-refractivity contribution >= 4 is 0 Å². The predicted molar refractivity (Wildman–Crippen MR) is 55.0 cm³/mol. The lowest BCUT2D eigenvalue weighted by molar-refractivity contribution is 0.664. The Hall–Kier alpha value is -0.740. The summed E-state index contributed by atoms with van der Waals surface area (Å²) in [6.45, 7) is 6.28. The molecule has 0 amide bonds. The summed E-state index contributed by atoms with van der Waals surface area (Å²) in [6, 6.07) is 0. The summed E-state index contributed by atoms with van der Waals surface area (Å²) in [5.41, 5.74) is 1.37. The maximum atomic E-state index is 5.13. The van der Waals surface area contributed by atoms with E-state index in [1.54, 1.807) is 0 Å². The van der Waals surface area contributed by atoms with Gasteiger partial charge >= 0.3 is 0 Å². The van der Waals surface area contributed by atoms with Crippen molar-refractivity contribution in [3.63, 3.8) is 0 Å². The molecule has 1 heteroatoms. The number of unbranched alkanes of at least 4 members (excludes halogenated alkanes) is 2. The summed E-state index contributed by atoms with van der Waals surface area (Å²) in [6.07, 6.45) is 10.6. The minimum atomic E-state index is 0.907. The average molecular weight is 165 g/mol. The van der Waals surface area contributed by atoms with E-state index in [2.05, 4.69) is 31.2 Å². The number of rotatable bonds is 6. The van der Waals surface area contributed by atoms with Gasteiger partial charge in [0.1, 0.15) is 0 Å². The number of nitrogens with one attached hydrogen (secondary N) is 1. The first-order valence-electron chi connectivity index (χ1n) is 4.55. The predicted octanol–water partition coefficient (Wildman–Crippen LogP) is 2.35. The molecule has 0 fully saturated rings.